The third kappa shape index (κ3) is 1.56. The van der Waals surface area contributed by atoms with E-state index in [1.54, 1.807) is 0 Å². The Balaban J connectivity index is 2.38. The molecule has 1 aliphatic carbocycles. The number of Topliss-reactive ketones (excluding diaryl/α,β-unsaturated/α-hetero) is 1. The molecule has 0 saturated heterocycles. The number of fused-ring (bicyclic) bond motifs is 1. The molecule has 3 nitrogen and oxygen atoms in total. The van der Waals surface area contributed by atoms with Crippen molar-refractivity contribution in [3.63, 3.8) is 0 Å². The molecule has 1 aromatic rings. The predicted octanol–water partition coefficient (Wildman–Crippen LogP) is -0.527. The van der Waals surface area contributed by atoms with Gasteiger partial charge in [-0.15, -0.1) is 0 Å². The minimum atomic E-state index is -0.633. The average molecular weight is 202 g/mol. The predicted molar refractivity (Wildman–Crippen MR) is 58.2 cm³/mol. The lowest BCUT2D eigenvalue weighted by Gasteiger charge is -2.03. The van der Waals surface area contributed by atoms with Crippen LogP contribution in [0.3, 0.4) is 0 Å². The average Bonchev–Trinajstić information content (AvgIpc) is 2.55. The van der Waals surface area contributed by atoms with Crippen LogP contribution < -0.4 is 5.46 Å². The Hall–Kier alpha value is -1.58. The van der Waals surface area contributed by atoms with E-state index in [0.29, 0.717) is 12.0 Å². The first-order valence-corrected chi connectivity index (χ1v) is 4.85. The van der Waals surface area contributed by atoms with E-state index in [9.17, 15) is 9.59 Å². The van der Waals surface area contributed by atoms with E-state index in [0.717, 1.165) is 11.0 Å². The van der Waals surface area contributed by atoms with Crippen molar-refractivity contribution in [1.29, 1.82) is 0 Å². The maximum Gasteiger partial charge on any atom is 0.316 e. The van der Waals surface area contributed by atoms with Gasteiger partial charge in [0.05, 0.1) is 7.11 Å². The summed E-state index contributed by atoms with van der Waals surface area (Å²) in [5.41, 5.74) is 2.65. The molecule has 1 unspecified atom stereocenters. The van der Waals surface area contributed by atoms with Crippen LogP contribution >= 0.6 is 0 Å². The van der Waals surface area contributed by atoms with E-state index in [4.69, 9.17) is 0 Å². The van der Waals surface area contributed by atoms with Crippen LogP contribution in [0, 0.1) is 5.92 Å². The van der Waals surface area contributed by atoms with E-state index in [2.05, 4.69) is 4.74 Å². The maximum atomic E-state index is 11.8. The van der Waals surface area contributed by atoms with Crippen molar-refractivity contribution in [2.45, 2.75) is 6.42 Å². The molecule has 4 heteroatoms. The summed E-state index contributed by atoms with van der Waals surface area (Å²) < 4.78 is 4.61. The van der Waals surface area contributed by atoms with Crippen molar-refractivity contribution >= 4 is 25.1 Å². The van der Waals surface area contributed by atoms with Crippen LogP contribution in [0.2, 0.25) is 0 Å². The number of benzene rings is 1. The van der Waals surface area contributed by atoms with Gasteiger partial charge in [0, 0.05) is 5.56 Å². The highest BCUT2D eigenvalue weighted by Gasteiger charge is 2.36. The molecule has 1 aliphatic rings. The van der Waals surface area contributed by atoms with Gasteiger partial charge in [-0.1, -0.05) is 23.7 Å². The summed E-state index contributed by atoms with van der Waals surface area (Å²) in [4.78, 5) is 23.2. The SMILES string of the molecule is Bc1ccc2c(c1)C(=O)C(C(=O)OC)C2. The third-order valence-corrected chi connectivity index (χ3v) is 2.76. The van der Waals surface area contributed by atoms with E-state index < -0.39 is 11.9 Å². The van der Waals surface area contributed by atoms with Gasteiger partial charge >= 0.3 is 5.97 Å². The van der Waals surface area contributed by atoms with Crippen molar-refractivity contribution in [3.8, 4) is 0 Å². The molecule has 0 fully saturated rings. The van der Waals surface area contributed by atoms with Crippen molar-refractivity contribution < 1.29 is 14.3 Å². The number of carbonyl (C=O) groups is 2. The van der Waals surface area contributed by atoms with Crippen molar-refractivity contribution in [2.24, 2.45) is 5.92 Å². The van der Waals surface area contributed by atoms with Gasteiger partial charge in [-0.05, 0) is 12.0 Å². The molecule has 0 radical (unpaired) electrons. The van der Waals surface area contributed by atoms with Crippen LogP contribution in [0.5, 0.6) is 0 Å². The van der Waals surface area contributed by atoms with Crippen molar-refractivity contribution in [3.05, 3.63) is 29.3 Å². The topological polar surface area (TPSA) is 43.4 Å². The Morgan fingerprint density at radius 3 is 2.93 bits per heavy atom. The molecule has 0 spiro atoms. The summed E-state index contributed by atoms with van der Waals surface area (Å²) in [7, 11) is 3.24. The minimum Gasteiger partial charge on any atom is -0.468 e. The van der Waals surface area contributed by atoms with Gasteiger partial charge in [0.25, 0.3) is 0 Å². The molecule has 0 amide bonds. The number of carbonyl (C=O) groups excluding carboxylic acids is 2. The number of ether oxygens (including phenoxy) is 1. The van der Waals surface area contributed by atoms with Crippen molar-refractivity contribution in [2.75, 3.05) is 7.11 Å². The molecule has 15 heavy (non-hydrogen) atoms. The summed E-state index contributed by atoms with van der Waals surface area (Å²) >= 11 is 0. The molecule has 0 saturated carbocycles. The highest BCUT2D eigenvalue weighted by molar-refractivity contribution is 6.33. The Kier molecular flexibility index (Phi) is 2.35. The summed E-state index contributed by atoms with van der Waals surface area (Å²) in [5.74, 6) is -1.18. The minimum absolute atomic E-state index is 0.111. The van der Waals surface area contributed by atoms with E-state index in [1.165, 1.54) is 7.11 Å². The number of hydrogen-bond acceptors (Lipinski definition) is 3. The standard InChI is InChI=1S/C11H11BO3/c1-15-11(14)9-4-6-2-3-7(12)5-8(6)10(9)13/h2-3,5,9H,4,12H2,1H3. The summed E-state index contributed by atoms with van der Waals surface area (Å²) in [6.07, 6.45) is 0.473. The molecule has 0 aliphatic heterocycles. The zero-order chi connectivity index (χ0) is 11.0. The zero-order valence-electron chi connectivity index (χ0n) is 8.74. The number of ketones is 1. The highest BCUT2D eigenvalue weighted by Crippen LogP contribution is 2.26. The number of hydrogen-bond donors (Lipinski definition) is 0. The first-order chi connectivity index (χ1) is 7.13. The fraction of sp³-hybridized carbons (Fsp3) is 0.273. The normalized spacial score (nSPS) is 18.7. The van der Waals surface area contributed by atoms with Gasteiger partial charge in [0.1, 0.15) is 13.8 Å². The van der Waals surface area contributed by atoms with Gasteiger partial charge < -0.3 is 4.74 Å². The van der Waals surface area contributed by atoms with Crippen LogP contribution in [-0.2, 0) is 16.0 Å². The van der Waals surface area contributed by atoms with Gasteiger partial charge in [-0.2, -0.15) is 0 Å². The summed E-state index contributed by atoms with van der Waals surface area (Å²) in [6, 6.07) is 5.69. The highest BCUT2D eigenvalue weighted by atomic mass is 16.5. The van der Waals surface area contributed by atoms with Gasteiger partial charge in [-0.25, -0.2) is 0 Å². The molecule has 0 heterocycles. The largest absolute Gasteiger partial charge is 0.468 e. The van der Waals surface area contributed by atoms with E-state index in [1.807, 2.05) is 26.0 Å². The molecular formula is C11H11BO3. The second-order valence-electron chi connectivity index (χ2n) is 3.80. The lowest BCUT2D eigenvalue weighted by molar-refractivity contribution is -0.143. The Morgan fingerprint density at radius 2 is 2.27 bits per heavy atom. The quantitative estimate of drug-likeness (QED) is 0.349. The fourth-order valence-electron chi connectivity index (χ4n) is 1.93. The van der Waals surface area contributed by atoms with E-state index >= 15 is 0 Å². The molecule has 1 atom stereocenters. The Bertz CT molecular complexity index is 439. The van der Waals surface area contributed by atoms with Gasteiger partial charge in [-0.3, -0.25) is 9.59 Å². The molecule has 0 bridgehead atoms. The van der Waals surface area contributed by atoms with Crippen LogP contribution in [0.15, 0.2) is 18.2 Å². The van der Waals surface area contributed by atoms with Crippen LogP contribution in [0.1, 0.15) is 15.9 Å². The zero-order valence-corrected chi connectivity index (χ0v) is 8.74. The first kappa shape index (κ1) is 9.96. The molecule has 0 N–H and O–H groups in total. The maximum absolute atomic E-state index is 11.8. The van der Waals surface area contributed by atoms with Crippen LogP contribution in [0.4, 0.5) is 0 Å². The molecule has 0 aromatic heterocycles. The summed E-state index contributed by atoms with van der Waals surface area (Å²) in [5, 5.41) is 0. The second-order valence-corrected chi connectivity index (χ2v) is 3.80. The van der Waals surface area contributed by atoms with Crippen LogP contribution in [-0.4, -0.2) is 26.7 Å². The molecule has 1 aromatic carbocycles. The Morgan fingerprint density at radius 1 is 1.53 bits per heavy atom. The van der Waals surface area contributed by atoms with Crippen LogP contribution in [0.25, 0.3) is 0 Å². The molecular weight excluding hydrogens is 191 g/mol. The summed E-state index contributed by atoms with van der Waals surface area (Å²) in [6.45, 7) is 0. The Labute approximate surface area is 88.8 Å². The number of rotatable bonds is 1. The lowest BCUT2D eigenvalue weighted by Crippen LogP contribution is -2.22. The first-order valence-electron chi connectivity index (χ1n) is 4.85. The van der Waals surface area contributed by atoms with E-state index in [-0.39, 0.29) is 5.78 Å². The number of esters is 1. The third-order valence-electron chi connectivity index (χ3n) is 2.76. The van der Waals surface area contributed by atoms with Gasteiger partial charge in [0.2, 0.25) is 0 Å². The fourth-order valence-corrected chi connectivity index (χ4v) is 1.93. The molecule has 2 rings (SSSR count). The van der Waals surface area contributed by atoms with Crippen molar-refractivity contribution in [1.82, 2.24) is 0 Å². The monoisotopic (exact) mass is 202 g/mol. The number of methoxy groups -OCH3 is 1. The lowest BCUT2D eigenvalue weighted by atomic mass is 9.93. The van der Waals surface area contributed by atoms with Gasteiger partial charge in [0.15, 0.2) is 5.78 Å². The smallest absolute Gasteiger partial charge is 0.316 e. The molecule has 76 valence electrons. The second kappa shape index (κ2) is 3.53.